The summed E-state index contributed by atoms with van der Waals surface area (Å²) in [7, 11) is 0. The van der Waals surface area contributed by atoms with Crippen LogP contribution in [0.5, 0.6) is 0 Å². The number of morpholine rings is 1. The maximum atomic E-state index is 13.9. The summed E-state index contributed by atoms with van der Waals surface area (Å²) in [6.45, 7) is 1.05. The molecule has 0 radical (unpaired) electrons. The number of rotatable bonds is 4. The third-order valence-corrected chi connectivity index (χ3v) is 5.30. The van der Waals surface area contributed by atoms with Gasteiger partial charge in [0.1, 0.15) is 12.4 Å². The van der Waals surface area contributed by atoms with Gasteiger partial charge in [0.15, 0.2) is 0 Å². The topological polar surface area (TPSA) is 62.6 Å². The minimum atomic E-state index is -0.374. The molecule has 1 amide bonds. The monoisotopic (exact) mass is 392 g/mol. The van der Waals surface area contributed by atoms with E-state index >= 15 is 0 Å². The van der Waals surface area contributed by atoms with Crippen LogP contribution in [0.25, 0.3) is 5.57 Å². The fourth-order valence-corrected chi connectivity index (χ4v) is 3.88. The molecule has 2 aromatic carbocycles. The molecule has 1 saturated heterocycles. The molecule has 0 N–H and O–H groups in total. The highest BCUT2D eigenvalue weighted by atomic mass is 19.1. The quantitative estimate of drug-likeness (QED) is 0.786. The van der Waals surface area contributed by atoms with Gasteiger partial charge in [-0.25, -0.2) is 9.18 Å². The summed E-state index contributed by atoms with van der Waals surface area (Å²) in [5, 5.41) is 8.90. The van der Waals surface area contributed by atoms with Gasteiger partial charge in [0.25, 0.3) is 0 Å². The Morgan fingerprint density at radius 3 is 2.83 bits per heavy atom. The predicted octanol–water partition coefficient (Wildman–Crippen LogP) is 4.09. The molecule has 2 aliphatic rings. The summed E-state index contributed by atoms with van der Waals surface area (Å²) in [5.41, 5.74) is 3.24. The SMILES string of the molecule is N#CCc1cc(C2=CC3COCC(C2)N3C(=O)OCc2ccccc2)ccc1F. The van der Waals surface area contributed by atoms with Crippen molar-refractivity contribution in [2.75, 3.05) is 13.2 Å². The Bertz CT molecular complexity index is 968. The number of nitriles is 1. The second-order valence-corrected chi connectivity index (χ2v) is 7.24. The van der Waals surface area contributed by atoms with E-state index in [1.165, 1.54) is 6.07 Å². The van der Waals surface area contributed by atoms with E-state index in [2.05, 4.69) is 0 Å². The van der Waals surface area contributed by atoms with E-state index in [9.17, 15) is 9.18 Å². The second-order valence-electron chi connectivity index (χ2n) is 7.24. The van der Waals surface area contributed by atoms with Crippen molar-refractivity contribution in [2.24, 2.45) is 0 Å². The smallest absolute Gasteiger partial charge is 0.411 e. The Kier molecular flexibility index (Phi) is 5.59. The van der Waals surface area contributed by atoms with Gasteiger partial charge in [0, 0.05) is 5.56 Å². The molecule has 0 saturated carbocycles. The maximum Gasteiger partial charge on any atom is 0.411 e. The minimum absolute atomic E-state index is 0.0286. The first-order valence-corrected chi connectivity index (χ1v) is 9.59. The van der Waals surface area contributed by atoms with Gasteiger partial charge < -0.3 is 9.47 Å². The van der Waals surface area contributed by atoms with Gasteiger partial charge in [-0.1, -0.05) is 42.5 Å². The van der Waals surface area contributed by atoms with E-state index in [-0.39, 0.29) is 37.0 Å². The summed E-state index contributed by atoms with van der Waals surface area (Å²) < 4.78 is 25.1. The Morgan fingerprint density at radius 2 is 2.07 bits per heavy atom. The van der Waals surface area contributed by atoms with Crippen molar-refractivity contribution >= 4 is 11.7 Å². The number of nitrogens with zero attached hydrogens (tertiary/aromatic N) is 2. The summed E-state index contributed by atoms with van der Waals surface area (Å²) in [5.74, 6) is -0.374. The molecule has 4 rings (SSSR count). The zero-order valence-electron chi connectivity index (χ0n) is 15.9. The number of benzene rings is 2. The third-order valence-electron chi connectivity index (χ3n) is 5.30. The van der Waals surface area contributed by atoms with Crippen molar-refractivity contribution in [1.29, 1.82) is 5.26 Å². The zero-order chi connectivity index (χ0) is 20.2. The highest BCUT2D eigenvalue weighted by Gasteiger charge is 2.39. The minimum Gasteiger partial charge on any atom is -0.445 e. The lowest BCUT2D eigenvalue weighted by molar-refractivity contribution is -0.0342. The third kappa shape index (κ3) is 4.15. The van der Waals surface area contributed by atoms with E-state index < -0.39 is 0 Å². The maximum absolute atomic E-state index is 13.9. The van der Waals surface area contributed by atoms with Crippen LogP contribution < -0.4 is 0 Å². The number of carbonyl (C=O) groups excluding carboxylic acids is 1. The molecule has 148 valence electrons. The van der Waals surface area contributed by atoms with E-state index in [1.807, 2.05) is 42.5 Å². The molecule has 2 atom stereocenters. The normalized spacial score (nSPS) is 20.6. The van der Waals surface area contributed by atoms with Crippen molar-refractivity contribution in [3.63, 3.8) is 0 Å². The number of amides is 1. The molecule has 6 heteroatoms. The Balaban J connectivity index is 1.52. The summed E-state index contributed by atoms with van der Waals surface area (Å²) >= 11 is 0. The van der Waals surface area contributed by atoms with Crippen molar-refractivity contribution < 1.29 is 18.7 Å². The van der Waals surface area contributed by atoms with Gasteiger partial charge in [-0.15, -0.1) is 0 Å². The number of hydrogen-bond donors (Lipinski definition) is 0. The van der Waals surface area contributed by atoms with Crippen LogP contribution in [0.4, 0.5) is 9.18 Å². The Hall–Kier alpha value is -3.17. The molecule has 2 heterocycles. The number of halogens is 1. The molecule has 0 aromatic heterocycles. The van der Waals surface area contributed by atoms with Gasteiger partial charge in [-0.3, -0.25) is 4.90 Å². The zero-order valence-corrected chi connectivity index (χ0v) is 15.9. The number of carbonyl (C=O) groups is 1. The van der Waals surface area contributed by atoms with Crippen molar-refractivity contribution in [1.82, 2.24) is 4.90 Å². The lowest BCUT2D eigenvalue weighted by Crippen LogP contribution is -2.56. The van der Waals surface area contributed by atoms with Crippen LogP contribution >= 0.6 is 0 Å². The van der Waals surface area contributed by atoms with Gasteiger partial charge in [0.2, 0.25) is 0 Å². The first kappa shape index (κ1) is 19.2. The molecule has 2 aromatic rings. The van der Waals surface area contributed by atoms with E-state index in [1.54, 1.807) is 17.0 Å². The van der Waals surface area contributed by atoms with Crippen molar-refractivity contribution in [3.05, 3.63) is 77.1 Å². The molecule has 2 unspecified atom stereocenters. The van der Waals surface area contributed by atoms with Crippen LogP contribution in [0.15, 0.2) is 54.6 Å². The molecular weight excluding hydrogens is 371 g/mol. The van der Waals surface area contributed by atoms with Crippen molar-refractivity contribution in [3.8, 4) is 6.07 Å². The first-order valence-electron chi connectivity index (χ1n) is 9.59. The van der Waals surface area contributed by atoms with Crippen molar-refractivity contribution in [2.45, 2.75) is 31.5 Å². The summed E-state index contributed by atoms with van der Waals surface area (Å²) in [6, 6.07) is 16.0. The summed E-state index contributed by atoms with van der Waals surface area (Å²) in [4.78, 5) is 14.5. The standard InChI is InChI=1S/C23H21FN2O3/c24-22-7-6-17(10-18(22)8-9-25)19-11-20-14-28-15-21(12-19)26(20)23(27)29-13-16-4-2-1-3-5-16/h1-7,10-11,20-21H,8,12-15H2. The molecule has 1 fully saturated rings. The van der Waals surface area contributed by atoms with Crippen LogP contribution in [-0.2, 0) is 22.5 Å². The fraction of sp³-hybridized carbons (Fsp3) is 0.304. The first-order chi connectivity index (χ1) is 14.2. The number of ether oxygens (including phenoxy) is 2. The highest BCUT2D eigenvalue weighted by molar-refractivity contribution is 5.74. The molecule has 5 nitrogen and oxygen atoms in total. The molecule has 0 spiro atoms. The van der Waals surface area contributed by atoms with Gasteiger partial charge in [0.05, 0.1) is 37.8 Å². The second kappa shape index (κ2) is 8.46. The lowest BCUT2D eigenvalue weighted by Gasteiger charge is -2.43. The predicted molar refractivity (Wildman–Crippen MR) is 105 cm³/mol. The highest BCUT2D eigenvalue weighted by Crippen LogP contribution is 2.33. The van der Waals surface area contributed by atoms with Crippen LogP contribution in [0.3, 0.4) is 0 Å². The number of fused-ring (bicyclic) bond motifs is 2. The molecule has 29 heavy (non-hydrogen) atoms. The van der Waals surface area contributed by atoms with E-state index in [0.29, 0.717) is 25.2 Å². The average molecular weight is 392 g/mol. The van der Waals surface area contributed by atoms with Gasteiger partial charge in [-0.2, -0.15) is 5.26 Å². The Morgan fingerprint density at radius 1 is 1.24 bits per heavy atom. The largest absolute Gasteiger partial charge is 0.445 e. The van der Waals surface area contributed by atoms with Crippen LogP contribution in [0.2, 0.25) is 0 Å². The lowest BCUT2D eigenvalue weighted by atomic mass is 9.89. The van der Waals surface area contributed by atoms with Crippen LogP contribution in [0.1, 0.15) is 23.1 Å². The molecule has 2 aliphatic heterocycles. The summed E-state index contributed by atoms with van der Waals surface area (Å²) in [6.07, 6.45) is 2.25. The van der Waals surface area contributed by atoms with Gasteiger partial charge in [-0.05, 0) is 35.3 Å². The molecule has 0 aliphatic carbocycles. The number of hydrogen-bond acceptors (Lipinski definition) is 4. The average Bonchev–Trinajstić information content (AvgIpc) is 2.73. The molecular formula is C23H21FN2O3. The molecule has 2 bridgehead atoms. The Labute approximate surface area is 169 Å². The van der Waals surface area contributed by atoms with Crippen LogP contribution in [0, 0.1) is 17.1 Å². The van der Waals surface area contributed by atoms with E-state index in [4.69, 9.17) is 14.7 Å². The fourth-order valence-electron chi connectivity index (χ4n) is 3.88. The van der Waals surface area contributed by atoms with Gasteiger partial charge >= 0.3 is 6.09 Å². The van der Waals surface area contributed by atoms with Crippen LogP contribution in [-0.4, -0.2) is 36.3 Å². The van der Waals surface area contributed by atoms with E-state index in [0.717, 1.165) is 16.7 Å².